The molecule has 6 heteroatoms. The van der Waals surface area contributed by atoms with Crippen LogP contribution in [0.2, 0.25) is 5.02 Å². The molecular weight excluding hydrogens is 262 g/mol. The Labute approximate surface area is 117 Å². The highest BCUT2D eigenvalue weighted by atomic mass is 35.5. The molecule has 0 saturated heterocycles. The van der Waals surface area contributed by atoms with Crippen LogP contribution < -0.4 is 10.7 Å². The van der Waals surface area contributed by atoms with Gasteiger partial charge in [-0.05, 0) is 31.2 Å². The van der Waals surface area contributed by atoms with Crippen molar-refractivity contribution in [2.45, 2.75) is 6.92 Å². The molecule has 0 saturated carbocycles. The maximum atomic E-state index is 5.85. The SMILES string of the molecule is Cc1cc(NN(C)C)nc(Nc2ccc(Cl)cc2)n1. The van der Waals surface area contributed by atoms with E-state index in [2.05, 4.69) is 20.7 Å². The molecule has 0 spiro atoms. The summed E-state index contributed by atoms with van der Waals surface area (Å²) in [6, 6.07) is 9.28. The van der Waals surface area contributed by atoms with Gasteiger partial charge in [-0.25, -0.2) is 9.99 Å². The Hall–Kier alpha value is -1.85. The Balaban J connectivity index is 2.19. The zero-order chi connectivity index (χ0) is 13.8. The highest BCUT2D eigenvalue weighted by Gasteiger charge is 2.03. The molecule has 1 heterocycles. The van der Waals surface area contributed by atoms with Gasteiger partial charge in [-0.3, -0.25) is 0 Å². The van der Waals surface area contributed by atoms with Gasteiger partial charge in [0, 0.05) is 36.6 Å². The van der Waals surface area contributed by atoms with E-state index in [0.29, 0.717) is 11.0 Å². The zero-order valence-corrected chi connectivity index (χ0v) is 11.9. The third-order valence-corrected chi connectivity index (χ3v) is 2.54. The molecule has 0 bridgehead atoms. The number of aryl methyl sites for hydroxylation is 1. The number of rotatable bonds is 4. The predicted molar refractivity (Wildman–Crippen MR) is 78.8 cm³/mol. The molecule has 0 radical (unpaired) electrons. The van der Waals surface area contributed by atoms with Gasteiger partial charge in [0.15, 0.2) is 0 Å². The fourth-order valence-electron chi connectivity index (χ4n) is 1.57. The first kappa shape index (κ1) is 13.6. The maximum absolute atomic E-state index is 5.85. The first-order chi connectivity index (χ1) is 9.02. The molecule has 2 rings (SSSR count). The molecule has 100 valence electrons. The lowest BCUT2D eigenvalue weighted by Gasteiger charge is -2.14. The van der Waals surface area contributed by atoms with Crippen molar-refractivity contribution in [2.24, 2.45) is 0 Å². The predicted octanol–water partition coefficient (Wildman–Crippen LogP) is 3.07. The van der Waals surface area contributed by atoms with Crippen molar-refractivity contribution < 1.29 is 0 Å². The quantitative estimate of drug-likeness (QED) is 0.841. The van der Waals surface area contributed by atoms with Crippen LogP contribution in [0.15, 0.2) is 30.3 Å². The van der Waals surface area contributed by atoms with Gasteiger partial charge < -0.3 is 10.7 Å². The fraction of sp³-hybridized carbons (Fsp3) is 0.231. The van der Waals surface area contributed by atoms with Gasteiger partial charge in [-0.15, -0.1) is 0 Å². The fourth-order valence-corrected chi connectivity index (χ4v) is 1.70. The molecular formula is C13H16ClN5. The van der Waals surface area contributed by atoms with E-state index in [1.165, 1.54) is 0 Å². The van der Waals surface area contributed by atoms with E-state index in [0.717, 1.165) is 17.2 Å². The third-order valence-electron chi connectivity index (χ3n) is 2.29. The number of aromatic nitrogens is 2. The van der Waals surface area contributed by atoms with Gasteiger partial charge >= 0.3 is 0 Å². The van der Waals surface area contributed by atoms with Crippen LogP contribution in [0, 0.1) is 6.92 Å². The summed E-state index contributed by atoms with van der Waals surface area (Å²) in [5.41, 5.74) is 4.88. The molecule has 1 aromatic carbocycles. The van der Waals surface area contributed by atoms with Crippen LogP contribution in [-0.4, -0.2) is 29.1 Å². The van der Waals surface area contributed by atoms with E-state index in [1.807, 2.05) is 56.4 Å². The molecule has 2 N–H and O–H groups in total. The normalized spacial score (nSPS) is 10.6. The largest absolute Gasteiger partial charge is 0.324 e. The van der Waals surface area contributed by atoms with Crippen LogP contribution in [-0.2, 0) is 0 Å². The van der Waals surface area contributed by atoms with E-state index in [-0.39, 0.29) is 0 Å². The maximum Gasteiger partial charge on any atom is 0.229 e. The van der Waals surface area contributed by atoms with Crippen molar-refractivity contribution in [2.75, 3.05) is 24.8 Å². The molecule has 0 aliphatic rings. The zero-order valence-electron chi connectivity index (χ0n) is 11.1. The van der Waals surface area contributed by atoms with E-state index in [1.54, 1.807) is 0 Å². The van der Waals surface area contributed by atoms with Crippen molar-refractivity contribution in [3.8, 4) is 0 Å². The van der Waals surface area contributed by atoms with Crippen molar-refractivity contribution >= 4 is 29.1 Å². The monoisotopic (exact) mass is 277 g/mol. The van der Waals surface area contributed by atoms with Crippen molar-refractivity contribution in [1.82, 2.24) is 15.0 Å². The number of hydrogen-bond acceptors (Lipinski definition) is 5. The second kappa shape index (κ2) is 5.86. The molecule has 0 unspecified atom stereocenters. The van der Waals surface area contributed by atoms with Crippen LogP contribution >= 0.6 is 11.6 Å². The van der Waals surface area contributed by atoms with Gasteiger partial charge in [0.05, 0.1) is 0 Å². The summed E-state index contributed by atoms with van der Waals surface area (Å²) in [6.07, 6.45) is 0. The van der Waals surface area contributed by atoms with Gasteiger partial charge in [-0.2, -0.15) is 4.98 Å². The number of nitrogens with zero attached hydrogens (tertiary/aromatic N) is 3. The number of nitrogens with one attached hydrogen (secondary N) is 2. The molecule has 0 aliphatic heterocycles. The molecule has 0 amide bonds. The smallest absolute Gasteiger partial charge is 0.229 e. The number of anilines is 3. The summed E-state index contributed by atoms with van der Waals surface area (Å²) >= 11 is 5.85. The van der Waals surface area contributed by atoms with Gasteiger partial charge in [0.25, 0.3) is 0 Å². The summed E-state index contributed by atoms with van der Waals surface area (Å²) in [6.45, 7) is 1.93. The topological polar surface area (TPSA) is 53.1 Å². The van der Waals surface area contributed by atoms with E-state index in [4.69, 9.17) is 11.6 Å². The molecule has 19 heavy (non-hydrogen) atoms. The van der Waals surface area contributed by atoms with E-state index >= 15 is 0 Å². The van der Waals surface area contributed by atoms with Gasteiger partial charge in [0.1, 0.15) is 5.82 Å². The average molecular weight is 278 g/mol. The minimum Gasteiger partial charge on any atom is -0.324 e. The van der Waals surface area contributed by atoms with Crippen molar-refractivity contribution in [3.05, 3.63) is 41.0 Å². The second-order valence-corrected chi connectivity index (χ2v) is 4.79. The Morgan fingerprint density at radius 1 is 1.11 bits per heavy atom. The lowest BCUT2D eigenvalue weighted by Crippen LogP contribution is -2.20. The van der Waals surface area contributed by atoms with Crippen LogP contribution in [0.3, 0.4) is 0 Å². The number of hydrogen-bond donors (Lipinski definition) is 2. The molecule has 0 atom stereocenters. The summed E-state index contributed by atoms with van der Waals surface area (Å²) in [5, 5.41) is 5.67. The number of hydrazine groups is 1. The summed E-state index contributed by atoms with van der Waals surface area (Å²) < 4.78 is 0. The van der Waals surface area contributed by atoms with Gasteiger partial charge in [-0.1, -0.05) is 11.6 Å². The lowest BCUT2D eigenvalue weighted by molar-refractivity contribution is 0.492. The number of halogens is 1. The molecule has 5 nitrogen and oxygen atoms in total. The minimum atomic E-state index is 0.548. The summed E-state index contributed by atoms with van der Waals surface area (Å²) in [4.78, 5) is 8.73. The highest BCUT2D eigenvalue weighted by Crippen LogP contribution is 2.18. The lowest BCUT2D eigenvalue weighted by atomic mass is 10.3. The molecule has 2 aromatic rings. The van der Waals surface area contributed by atoms with Crippen molar-refractivity contribution in [1.29, 1.82) is 0 Å². The summed E-state index contributed by atoms with van der Waals surface area (Å²) in [5.74, 6) is 1.29. The highest BCUT2D eigenvalue weighted by molar-refractivity contribution is 6.30. The molecule has 0 aliphatic carbocycles. The number of benzene rings is 1. The van der Waals surface area contributed by atoms with Crippen LogP contribution in [0.25, 0.3) is 0 Å². The molecule has 1 aromatic heterocycles. The van der Waals surface area contributed by atoms with Crippen LogP contribution in [0.5, 0.6) is 0 Å². The first-order valence-electron chi connectivity index (χ1n) is 5.85. The van der Waals surface area contributed by atoms with Gasteiger partial charge in [0.2, 0.25) is 5.95 Å². The first-order valence-corrected chi connectivity index (χ1v) is 6.23. The Morgan fingerprint density at radius 2 is 1.79 bits per heavy atom. The Kier molecular flexibility index (Phi) is 4.19. The van der Waals surface area contributed by atoms with Crippen molar-refractivity contribution in [3.63, 3.8) is 0 Å². The van der Waals surface area contributed by atoms with Crippen LogP contribution in [0.4, 0.5) is 17.5 Å². The Bertz CT molecular complexity index is 553. The second-order valence-electron chi connectivity index (χ2n) is 4.36. The average Bonchev–Trinajstić information content (AvgIpc) is 2.30. The molecule has 0 fully saturated rings. The minimum absolute atomic E-state index is 0.548. The standard InChI is InChI=1S/C13H16ClN5/c1-9-8-12(18-19(2)3)17-13(15-9)16-11-6-4-10(14)5-7-11/h4-8H,1-3H3,(H2,15,16,17,18). The Morgan fingerprint density at radius 3 is 2.42 bits per heavy atom. The van der Waals surface area contributed by atoms with Crippen LogP contribution in [0.1, 0.15) is 5.69 Å². The van der Waals surface area contributed by atoms with E-state index < -0.39 is 0 Å². The third kappa shape index (κ3) is 4.08. The van der Waals surface area contributed by atoms with E-state index in [9.17, 15) is 0 Å². The summed E-state index contributed by atoms with van der Waals surface area (Å²) in [7, 11) is 3.81.